The van der Waals surface area contributed by atoms with Gasteiger partial charge in [-0.3, -0.25) is 0 Å². The minimum atomic E-state index is 0.281. The maximum Gasteiger partial charge on any atom is 0.151 e. The zero-order valence-electron chi connectivity index (χ0n) is 10.5. The Balaban J connectivity index is 2.10. The summed E-state index contributed by atoms with van der Waals surface area (Å²) in [5.74, 6) is 0.281. The SMILES string of the molecule is CCc1cc(CC(C)c2ccc(Cl)nn2)cnn1. The van der Waals surface area contributed by atoms with Crippen LogP contribution in [0.5, 0.6) is 0 Å². The molecule has 0 N–H and O–H groups in total. The number of aromatic nitrogens is 4. The number of aryl methyl sites for hydroxylation is 1. The highest BCUT2D eigenvalue weighted by atomic mass is 35.5. The largest absolute Gasteiger partial charge is 0.159 e. The average molecular weight is 263 g/mol. The zero-order chi connectivity index (χ0) is 13.0. The van der Waals surface area contributed by atoms with E-state index < -0.39 is 0 Å². The third-order valence-corrected chi connectivity index (χ3v) is 3.02. The van der Waals surface area contributed by atoms with E-state index in [2.05, 4.69) is 40.3 Å². The van der Waals surface area contributed by atoms with E-state index in [0.717, 1.165) is 24.2 Å². The van der Waals surface area contributed by atoms with Crippen LogP contribution < -0.4 is 0 Å². The zero-order valence-corrected chi connectivity index (χ0v) is 11.2. The predicted octanol–water partition coefficient (Wildman–Crippen LogP) is 2.83. The lowest BCUT2D eigenvalue weighted by molar-refractivity contribution is 0.703. The summed E-state index contributed by atoms with van der Waals surface area (Å²) in [6.45, 7) is 4.19. The molecule has 0 fully saturated rings. The van der Waals surface area contributed by atoms with E-state index in [9.17, 15) is 0 Å². The molecule has 0 saturated carbocycles. The minimum absolute atomic E-state index is 0.281. The highest BCUT2D eigenvalue weighted by Gasteiger charge is 2.09. The molecule has 0 aliphatic carbocycles. The second-order valence-corrected chi connectivity index (χ2v) is 4.68. The quantitative estimate of drug-likeness (QED) is 0.850. The van der Waals surface area contributed by atoms with Crippen molar-refractivity contribution in [3.63, 3.8) is 0 Å². The van der Waals surface area contributed by atoms with E-state index in [-0.39, 0.29) is 5.92 Å². The summed E-state index contributed by atoms with van der Waals surface area (Å²) in [4.78, 5) is 0. The van der Waals surface area contributed by atoms with Gasteiger partial charge in [-0.2, -0.15) is 15.3 Å². The van der Waals surface area contributed by atoms with Crippen LogP contribution in [0.25, 0.3) is 0 Å². The van der Waals surface area contributed by atoms with Crippen LogP contribution in [0.2, 0.25) is 5.15 Å². The highest BCUT2D eigenvalue weighted by Crippen LogP contribution is 2.18. The highest BCUT2D eigenvalue weighted by molar-refractivity contribution is 6.29. The maximum atomic E-state index is 5.72. The fourth-order valence-corrected chi connectivity index (χ4v) is 1.89. The fraction of sp³-hybridized carbons (Fsp3) is 0.385. The Morgan fingerprint density at radius 3 is 2.72 bits per heavy atom. The lowest BCUT2D eigenvalue weighted by Gasteiger charge is -2.10. The Morgan fingerprint density at radius 1 is 1.22 bits per heavy atom. The van der Waals surface area contributed by atoms with Gasteiger partial charge >= 0.3 is 0 Å². The number of hydrogen-bond donors (Lipinski definition) is 0. The van der Waals surface area contributed by atoms with Gasteiger partial charge in [-0.1, -0.05) is 25.4 Å². The van der Waals surface area contributed by atoms with Gasteiger partial charge in [0.1, 0.15) is 0 Å². The summed E-state index contributed by atoms with van der Waals surface area (Å²) < 4.78 is 0. The van der Waals surface area contributed by atoms with Crippen molar-refractivity contribution in [2.24, 2.45) is 0 Å². The second kappa shape index (κ2) is 5.87. The van der Waals surface area contributed by atoms with Crippen LogP contribution in [0.1, 0.15) is 36.7 Å². The van der Waals surface area contributed by atoms with Crippen LogP contribution in [0, 0.1) is 0 Å². The van der Waals surface area contributed by atoms with E-state index in [0.29, 0.717) is 5.15 Å². The number of hydrogen-bond acceptors (Lipinski definition) is 4. The van der Waals surface area contributed by atoms with Crippen LogP contribution >= 0.6 is 11.6 Å². The van der Waals surface area contributed by atoms with Gasteiger partial charge < -0.3 is 0 Å². The standard InChI is InChI=1S/C13H15ClN4/c1-3-11-7-10(8-15-16-11)6-9(2)12-4-5-13(14)18-17-12/h4-5,7-9H,3,6H2,1-2H3. The lowest BCUT2D eigenvalue weighted by Crippen LogP contribution is -2.04. The number of rotatable bonds is 4. The van der Waals surface area contributed by atoms with E-state index in [1.807, 2.05) is 6.07 Å². The minimum Gasteiger partial charge on any atom is -0.159 e. The van der Waals surface area contributed by atoms with E-state index >= 15 is 0 Å². The molecule has 4 nitrogen and oxygen atoms in total. The van der Waals surface area contributed by atoms with Gasteiger partial charge in [-0.15, -0.1) is 5.10 Å². The van der Waals surface area contributed by atoms with Crippen molar-refractivity contribution in [3.05, 3.63) is 46.5 Å². The molecule has 0 aliphatic rings. The Kier molecular flexibility index (Phi) is 4.20. The Hall–Kier alpha value is -1.55. The first-order chi connectivity index (χ1) is 8.69. The first-order valence-corrected chi connectivity index (χ1v) is 6.36. The topological polar surface area (TPSA) is 51.6 Å². The average Bonchev–Trinajstić information content (AvgIpc) is 2.39. The molecule has 0 aliphatic heterocycles. The molecular weight excluding hydrogens is 248 g/mol. The van der Waals surface area contributed by atoms with Gasteiger partial charge in [-0.05, 0) is 36.6 Å². The summed E-state index contributed by atoms with van der Waals surface area (Å²) in [6, 6.07) is 5.77. The van der Waals surface area contributed by atoms with Crippen molar-refractivity contribution < 1.29 is 0 Å². The van der Waals surface area contributed by atoms with E-state index in [4.69, 9.17) is 11.6 Å². The first-order valence-electron chi connectivity index (χ1n) is 5.98. The molecule has 2 aromatic heterocycles. The molecule has 18 heavy (non-hydrogen) atoms. The third-order valence-electron chi connectivity index (χ3n) is 2.82. The molecule has 94 valence electrons. The molecular formula is C13H15ClN4. The van der Waals surface area contributed by atoms with Gasteiger partial charge in [0.15, 0.2) is 5.15 Å². The molecule has 2 aromatic rings. The van der Waals surface area contributed by atoms with Crippen molar-refractivity contribution in [3.8, 4) is 0 Å². The summed E-state index contributed by atoms with van der Waals surface area (Å²) in [5, 5.41) is 16.4. The summed E-state index contributed by atoms with van der Waals surface area (Å²) >= 11 is 5.72. The van der Waals surface area contributed by atoms with Crippen molar-refractivity contribution in [2.75, 3.05) is 0 Å². The van der Waals surface area contributed by atoms with Gasteiger partial charge in [-0.25, -0.2) is 0 Å². The Morgan fingerprint density at radius 2 is 2.06 bits per heavy atom. The Labute approximate surface area is 111 Å². The van der Waals surface area contributed by atoms with Crippen molar-refractivity contribution in [1.29, 1.82) is 0 Å². The van der Waals surface area contributed by atoms with Gasteiger partial charge in [0.25, 0.3) is 0 Å². The molecule has 2 heterocycles. The van der Waals surface area contributed by atoms with Crippen LogP contribution in [-0.4, -0.2) is 20.4 Å². The van der Waals surface area contributed by atoms with Crippen LogP contribution in [0.4, 0.5) is 0 Å². The maximum absolute atomic E-state index is 5.72. The summed E-state index contributed by atoms with van der Waals surface area (Å²) in [5.41, 5.74) is 3.13. The van der Waals surface area contributed by atoms with Crippen LogP contribution in [0.15, 0.2) is 24.4 Å². The van der Waals surface area contributed by atoms with Crippen LogP contribution in [0.3, 0.4) is 0 Å². The third kappa shape index (κ3) is 3.23. The lowest BCUT2D eigenvalue weighted by atomic mass is 9.99. The van der Waals surface area contributed by atoms with Gasteiger partial charge in [0.2, 0.25) is 0 Å². The number of halogens is 1. The first kappa shape index (κ1) is 12.9. The van der Waals surface area contributed by atoms with E-state index in [1.165, 1.54) is 5.56 Å². The van der Waals surface area contributed by atoms with Crippen LogP contribution in [-0.2, 0) is 12.8 Å². The van der Waals surface area contributed by atoms with Crippen molar-refractivity contribution in [2.45, 2.75) is 32.6 Å². The molecule has 2 rings (SSSR count). The summed E-state index contributed by atoms with van der Waals surface area (Å²) in [6.07, 6.45) is 3.58. The Bertz CT molecular complexity index is 513. The summed E-state index contributed by atoms with van der Waals surface area (Å²) in [7, 11) is 0. The predicted molar refractivity (Wildman–Crippen MR) is 70.6 cm³/mol. The molecule has 0 saturated heterocycles. The van der Waals surface area contributed by atoms with Gasteiger partial charge in [0, 0.05) is 5.92 Å². The van der Waals surface area contributed by atoms with Crippen molar-refractivity contribution in [1.82, 2.24) is 20.4 Å². The molecule has 0 bridgehead atoms. The van der Waals surface area contributed by atoms with E-state index in [1.54, 1.807) is 12.3 Å². The molecule has 0 spiro atoms. The molecule has 0 radical (unpaired) electrons. The number of nitrogens with zero attached hydrogens (tertiary/aromatic N) is 4. The monoisotopic (exact) mass is 262 g/mol. The molecule has 1 unspecified atom stereocenters. The normalized spacial score (nSPS) is 12.4. The second-order valence-electron chi connectivity index (χ2n) is 4.29. The molecule has 0 amide bonds. The van der Waals surface area contributed by atoms with Gasteiger partial charge in [0.05, 0.1) is 17.6 Å². The van der Waals surface area contributed by atoms with Crippen molar-refractivity contribution >= 4 is 11.6 Å². The smallest absolute Gasteiger partial charge is 0.151 e. The molecule has 5 heteroatoms. The molecule has 1 atom stereocenters. The molecule has 0 aromatic carbocycles. The fourth-order valence-electron chi connectivity index (χ4n) is 1.79.